The van der Waals surface area contributed by atoms with Gasteiger partial charge in [-0.2, -0.15) is 4.31 Å². The smallest absolute Gasteiger partial charge is 0.344 e. The average molecular weight is 352 g/mol. The molecule has 0 amide bonds. The summed E-state index contributed by atoms with van der Waals surface area (Å²) in [5, 5.41) is 0. The molecule has 0 fully saturated rings. The third-order valence-corrected chi connectivity index (χ3v) is 4.32. The van der Waals surface area contributed by atoms with Gasteiger partial charge in [0.2, 0.25) is 0 Å². The third-order valence-electron chi connectivity index (χ3n) is 2.17. The summed E-state index contributed by atoms with van der Waals surface area (Å²) in [6.07, 6.45) is 0.0852. The SMILES string of the molecule is CC(C)=CC(OCc1ccccc1)OP(=O)(O)OP(=O)(O)O. The Morgan fingerprint density at radius 1 is 1.18 bits per heavy atom. The molecule has 8 nitrogen and oxygen atoms in total. The molecule has 3 N–H and O–H groups in total. The largest absolute Gasteiger partial charge is 0.483 e. The van der Waals surface area contributed by atoms with Crippen molar-refractivity contribution >= 4 is 15.6 Å². The molecule has 10 heteroatoms. The van der Waals surface area contributed by atoms with Crippen molar-refractivity contribution in [3.05, 3.63) is 47.5 Å². The van der Waals surface area contributed by atoms with Gasteiger partial charge in [-0.3, -0.25) is 4.52 Å². The van der Waals surface area contributed by atoms with Crippen LogP contribution in [0.4, 0.5) is 0 Å². The van der Waals surface area contributed by atoms with Crippen LogP contribution in [0, 0.1) is 0 Å². The monoisotopic (exact) mass is 352 g/mol. The van der Waals surface area contributed by atoms with E-state index in [9.17, 15) is 14.0 Å². The first kappa shape index (κ1) is 19.2. The molecule has 124 valence electrons. The lowest BCUT2D eigenvalue weighted by molar-refractivity contribution is -0.0685. The van der Waals surface area contributed by atoms with Crippen molar-refractivity contribution in [1.29, 1.82) is 0 Å². The van der Waals surface area contributed by atoms with Crippen LogP contribution in [0.5, 0.6) is 0 Å². The number of hydrogen-bond donors (Lipinski definition) is 3. The summed E-state index contributed by atoms with van der Waals surface area (Å²) in [6.45, 7) is 3.48. The van der Waals surface area contributed by atoms with E-state index in [4.69, 9.17) is 14.5 Å². The Kier molecular flexibility index (Phi) is 7.12. The molecule has 2 atom stereocenters. The van der Waals surface area contributed by atoms with Crippen molar-refractivity contribution in [1.82, 2.24) is 0 Å². The first-order valence-corrected chi connectivity index (χ1v) is 9.18. The zero-order chi connectivity index (χ0) is 16.8. The van der Waals surface area contributed by atoms with Gasteiger partial charge in [0, 0.05) is 0 Å². The molecule has 0 aliphatic carbocycles. The lowest BCUT2D eigenvalue weighted by Gasteiger charge is -2.19. The van der Waals surface area contributed by atoms with Crippen LogP contribution in [-0.2, 0) is 29.3 Å². The van der Waals surface area contributed by atoms with Gasteiger partial charge in [0.1, 0.15) is 0 Å². The van der Waals surface area contributed by atoms with E-state index in [0.717, 1.165) is 5.56 Å². The maximum absolute atomic E-state index is 11.5. The zero-order valence-corrected chi connectivity index (χ0v) is 13.8. The Bertz CT molecular complexity index is 590. The molecule has 0 bridgehead atoms. The first-order chi connectivity index (χ1) is 10.1. The second kappa shape index (κ2) is 8.15. The lowest BCUT2D eigenvalue weighted by atomic mass is 10.2. The van der Waals surface area contributed by atoms with Crippen LogP contribution < -0.4 is 0 Å². The summed E-state index contributed by atoms with van der Waals surface area (Å²) in [6, 6.07) is 8.98. The van der Waals surface area contributed by atoms with E-state index < -0.39 is 21.9 Å². The van der Waals surface area contributed by atoms with Crippen molar-refractivity contribution in [2.75, 3.05) is 0 Å². The molecule has 1 aromatic carbocycles. The number of phosphoric acid groups is 2. The molecule has 0 saturated carbocycles. The number of rotatable bonds is 8. The van der Waals surface area contributed by atoms with Crippen LogP contribution in [-0.4, -0.2) is 21.0 Å². The summed E-state index contributed by atoms with van der Waals surface area (Å²) in [5.41, 5.74) is 1.51. The van der Waals surface area contributed by atoms with E-state index >= 15 is 0 Å². The van der Waals surface area contributed by atoms with Crippen LogP contribution in [0.2, 0.25) is 0 Å². The minimum atomic E-state index is -5.17. The molecule has 0 saturated heterocycles. The summed E-state index contributed by atoms with van der Waals surface area (Å²) in [4.78, 5) is 26.5. The standard InChI is InChI=1S/C12H18O8P2/c1-10(2)8-12(18-9-11-6-4-3-5-7-11)19-22(16,17)20-21(13,14)15/h3-8,12H,9H2,1-2H3,(H,16,17)(H2,13,14,15). The normalized spacial score (nSPS) is 15.9. The molecule has 0 spiro atoms. The van der Waals surface area contributed by atoms with Gasteiger partial charge in [0.15, 0.2) is 6.29 Å². The Hall–Kier alpha value is -0.820. The molecule has 22 heavy (non-hydrogen) atoms. The van der Waals surface area contributed by atoms with Crippen LogP contribution in [0.15, 0.2) is 42.0 Å². The van der Waals surface area contributed by atoms with E-state index in [1.807, 2.05) is 6.07 Å². The van der Waals surface area contributed by atoms with Gasteiger partial charge in [-0.1, -0.05) is 35.9 Å². The predicted molar refractivity (Wildman–Crippen MR) is 78.5 cm³/mol. The fourth-order valence-electron chi connectivity index (χ4n) is 1.42. The number of hydrogen-bond acceptors (Lipinski definition) is 5. The number of benzene rings is 1. The zero-order valence-electron chi connectivity index (χ0n) is 12.0. The minimum Gasteiger partial charge on any atom is -0.344 e. The molecule has 1 rings (SSSR count). The van der Waals surface area contributed by atoms with Crippen molar-refractivity contribution in [2.45, 2.75) is 26.7 Å². The van der Waals surface area contributed by atoms with Crippen molar-refractivity contribution in [2.24, 2.45) is 0 Å². The molecule has 0 heterocycles. The van der Waals surface area contributed by atoms with Crippen molar-refractivity contribution in [3.63, 3.8) is 0 Å². The molecule has 0 aromatic heterocycles. The van der Waals surface area contributed by atoms with Crippen molar-refractivity contribution < 1.29 is 37.4 Å². The van der Waals surface area contributed by atoms with Gasteiger partial charge in [0.25, 0.3) is 0 Å². The Morgan fingerprint density at radius 2 is 1.77 bits per heavy atom. The van der Waals surface area contributed by atoms with Crippen LogP contribution in [0.1, 0.15) is 19.4 Å². The predicted octanol–water partition coefficient (Wildman–Crippen LogP) is 2.72. The highest BCUT2D eigenvalue weighted by Gasteiger charge is 2.34. The summed E-state index contributed by atoms with van der Waals surface area (Å²) in [5.74, 6) is 0. The molecule has 0 radical (unpaired) electrons. The molecular formula is C12H18O8P2. The molecule has 0 aliphatic rings. The molecular weight excluding hydrogens is 334 g/mol. The highest BCUT2D eigenvalue weighted by atomic mass is 31.3. The number of allylic oxidation sites excluding steroid dienone is 1. The van der Waals surface area contributed by atoms with E-state index in [2.05, 4.69) is 8.83 Å². The molecule has 0 aliphatic heterocycles. The van der Waals surface area contributed by atoms with Gasteiger partial charge in [-0.15, -0.1) is 0 Å². The number of phosphoric ester groups is 1. The summed E-state index contributed by atoms with van der Waals surface area (Å²) in [7, 11) is -10.1. The lowest BCUT2D eigenvalue weighted by Crippen LogP contribution is -2.14. The average Bonchev–Trinajstić information content (AvgIpc) is 2.33. The highest BCUT2D eigenvalue weighted by Crippen LogP contribution is 2.58. The summed E-state index contributed by atoms with van der Waals surface area (Å²) < 4.78 is 35.9. The third kappa shape index (κ3) is 8.58. The minimum absolute atomic E-state index is 0.0746. The fraction of sp³-hybridized carbons (Fsp3) is 0.333. The fourth-order valence-corrected chi connectivity index (χ4v) is 3.03. The van der Waals surface area contributed by atoms with Gasteiger partial charge >= 0.3 is 15.6 Å². The van der Waals surface area contributed by atoms with Crippen LogP contribution in [0.25, 0.3) is 0 Å². The number of ether oxygens (including phenoxy) is 1. The van der Waals surface area contributed by atoms with Gasteiger partial charge < -0.3 is 19.4 Å². The van der Waals surface area contributed by atoms with E-state index in [0.29, 0.717) is 5.57 Å². The Balaban J connectivity index is 2.75. The Morgan fingerprint density at radius 3 is 2.27 bits per heavy atom. The maximum atomic E-state index is 11.5. The molecule has 1 aromatic rings. The van der Waals surface area contributed by atoms with Crippen LogP contribution >= 0.6 is 15.6 Å². The quantitative estimate of drug-likeness (QED) is 0.371. The van der Waals surface area contributed by atoms with E-state index in [-0.39, 0.29) is 6.61 Å². The highest BCUT2D eigenvalue weighted by molar-refractivity contribution is 7.60. The van der Waals surface area contributed by atoms with Crippen molar-refractivity contribution in [3.8, 4) is 0 Å². The van der Waals surface area contributed by atoms with Gasteiger partial charge in [-0.25, -0.2) is 9.13 Å². The van der Waals surface area contributed by atoms with E-state index in [1.165, 1.54) is 6.08 Å². The topological polar surface area (TPSA) is 123 Å². The maximum Gasteiger partial charge on any atom is 0.483 e. The first-order valence-electron chi connectivity index (χ1n) is 6.16. The Labute approximate surface area is 128 Å². The van der Waals surface area contributed by atoms with Gasteiger partial charge in [-0.05, 0) is 25.5 Å². The van der Waals surface area contributed by atoms with Gasteiger partial charge in [0.05, 0.1) is 6.61 Å². The molecule has 2 unspecified atom stereocenters. The summed E-state index contributed by atoms with van der Waals surface area (Å²) >= 11 is 0. The van der Waals surface area contributed by atoms with Crippen LogP contribution in [0.3, 0.4) is 0 Å². The van der Waals surface area contributed by atoms with E-state index in [1.54, 1.807) is 38.1 Å². The second-order valence-corrected chi connectivity index (χ2v) is 7.34. The second-order valence-electron chi connectivity index (χ2n) is 4.56.